The quantitative estimate of drug-likeness (QED) is 0.897. The van der Waals surface area contributed by atoms with Crippen LogP contribution in [0.1, 0.15) is 31.4 Å². The number of hydrogen-bond donors (Lipinski definition) is 1. The Balaban J connectivity index is 3.16. The Kier molecular flexibility index (Phi) is 5.39. The van der Waals surface area contributed by atoms with Crippen LogP contribution in [0.5, 0.6) is 5.75 Å². The van der Waals surface area contributed by atoms with Crippen molar-refractivity contribution in [1.29, 1.82) is 0 Å². The lowest BCUT2D eigenvalue weighted by Crippen LogP contribution is -2.17. The smallest absolute Gasteiger partial charge is 0.420 e. The molecule has 0 fully saturated rings. The maximum absolute atomic E-state index is 12.8. The molecule has 1 atom stereocenters. The highest BCUT2D eigenvalue weighted by atomic mass is 35.5. The SMILES string of the molecule is CC(=O)C[C@H](Cc1cc(Cl)c(O)c(C(F)(F)F)c1)C(C)=O. The summed E-state index contributed by atoms with van der Waals surface area (Å²) < 4.78 is 38.3. The lowest BCUT2D eigenvalue weighted by atomic mass is 9.90. The number of phenols is 1. The van der Waals surface area contributed by atoms with E-state index in [9.17, 15) is 27.9 Å². The first kappa shape index (κ1) is 17.5. The van der Waals surface area contributed by atoms with E-state index in [2.05, 4.69) is 0 Å². The number of Topliss-reactive ketones (excluding diaryl/α,β-unsaturated/α-hetero) is 2. The summed E-state index contributed by atoms with van der Waals surface area (Å²) in [6.07, 6.45) is -4.84. The summed E-state index contributed by atoms with van der Waals surface area (Å²) in [4.78, 5) is 22.6. The lowest BCUT2D eigenvalue weighted by molar-refractivity contribution is -0.138. The molecule has 0 aliphatic rings. The predicted octanol–water partition coefficient (Wildman–Crippen LogP) is 3.79. The molecule has 0 bridgehead atoms. The summed E-state index contributed by atoms with van der Waals surface area (Å²) in [5, 5.41) is 8.93. The summed E-state index contributed by atoms with van der Waals surface area (Å²) in [5.41, 5.74) is -1.11. The molecule has 1 aromatic carbocycles. The van der Waals surface area contributed by atoms with E-state index in [0.717, 1.165) is 6.07 Å². The number of carbonyl (C=O) groups is 2. The minimum atomic E-state index is -4.75. The molecule has 7 heteroatoms. The fourth-order valence-electron chi connectivity index (χ4n) is 1.98. The molecule has 1 aromatic rings. The normalized spacial score (nSPS) is 13.0. The van der Waals surface area contributed by atoms with Gasteiger partial charge in [0.25, 0.3) is 0 Å². The van der Waals surface area contributed by atoms with Crippen LogP contribution in [0.25, 0.3) is 0 Å². The third-order valence-electron chi connectivity index (χ3n) is 3.02. The molecule has 21 heavy (non-hydrogen) atoms. The molecule has 0 aliphatic carbocycles. The van der Waals surface area contributed by atoms with Gasteiger partial charge in [-0.1, -0.05) is 11.6 Å². The fourth-order valence-corrected chi connectivity index (χ4v) is 2.22. The van der Waals surface area contributed by atoms with Gasteiger partial charge in [-0.25, -0.2) is 0 Å². The van der Waals surface area contributed by atoms with Crippen LogP contribution in [0.3, 0.4) is 0 Å². The van der Waals surface area contributed by atoms with Crippen LogP contribution in [0.4, 0.5) is 13.2 Å². The molecule has 0 saturated carbocycles. The van der Waals surface area contributed by atoms with E-state index >= 15 is 0 Å². The van der Waals surface area contributed by atoms with Gasteiger partial charge in [0.05, 0.1) is 10.6 Å². The van der Waals surface area contributed by atoms with Gasteiger partial charge in [-0.05, 0) is 38.0 Å². The van der Waals surface area contributed by atoms with Gasteiger partial charge in [0.15, 0.2) is 0 Å². The standard InChI is InChI=1S/C14H14ClF3O3/c1-7(19)3-10(8(2)20)4-9-5-11(14(16,17)18)13(21)12(15)6-9/h5-6,10,21H,3-4H2,1-2H3/t10-/m1/s1. The molecule has 0 spiro atoms. The zero-order valence-electron chi connectivity index (χ0n) is 11.4. The highest BCUT2D eigenvalue weighted by Crippen LogP contribution is 2.40. The van der Waals surface area contributed by atoms with Crippen LogP contribution in [-0.2, 0) is 22.2 Å². The third kappa shape index (κ3) is 4.74. The number of benzene rings is 1. The summed E-state index contributed by atoms with van der Waals surface area (Å²) >= 11 is 5.59. The maximum Gasteiger partial charge on any atom is 0.420 e. The molecule has 0 heterocycles. The zero-order chi connectivity index (χ0) is 16.4. The molecule has 0 radical (unpaired) electrons. The van der Waals surface area contributed by atoms with Crippen LogP contribution in [0, 0.1) is 5.92 Å². The van der Waals surface area contributed by atoms with Gasteiger partial charge in [0.1, 0.15) is 17.3 Å². The lowest BCUT2D eigenvalue weighted by Gasteiger charge is -2.16. The first-order valence-corrected chi connectivity index (χ1v) is 6.48. The first-order chi connectivity index (χ1) is 9.52. The van der Waals surface area contributed by atoms with Crippen LogP contribution in [0.2, 0.25) is 5.02 Å². The van der Waals surface area contributed by atoms with E-state index in [-0.39, 0.29) is 30.0 Å². The van der Waals surface area contributed by atoms with Gasteiger partial charge >= 0.3 is 6.18 Å². The summed E-state index contributed by atoms with van der Waals surface area (Å²) in [5.74, 6) is -2.26. The minimum Gasteiger partial charge on any atom is -0.506 e. The second kappa shape index (κ2) is 6.47. The summed E-state index contributed by atoms with van der Waals surface area (Å²) in [7, 11) is 0. The van der Waals surface area contributed by atoms with Crippen molar-refractivity contribution in [3.8, 4) is 5.75 Å². The number of aromatic hydroxyl groups is 1. The second-order valence-electron chi connectivity index (χ2n) is 4.89. The van der Waals surface area contributed by atoms with Gasteiger partial charge in [-0.15, -0.1) is 0 Å². The van der Waals surface area contributed by atoms with Crippen LogP contribution < -0.4 is 0 Å². The maximum atomic E-state index is 12.8. The van der Waals surface area contributed by atoms with Gasteiger partial charge in [-0.2, -0.15) is 13.2 Å². The molecule has 0 unspecified atom stereocenters. The number of hydrogen-bond acceptors (Lipinski definition) is 3. The molecule has 116 valence electrons. The fraction of sp³-hybridized carbons (Fsp3) is 0.429. The zero-order valence-corrected chi connectivity index (χ0v) is 12.2. The van der Waals surface area contributed by atoms with E-state index in [1.165, 1.54) is 19.9 Å². The summed E-state index contributed by atoms with van der Waals surface area (Å²) in [6, 6.07) is 1.92. The van der Waals surface area contributed by atoms with Crippen LogP contribution in [-0.4, -0.2) is 16.7 Å². The van der Waals surface area contributed by atoms with Crippen LogP contribution in [0.15, 0.2) is 12.1 Å². The van der Waals surface area contributed by atoms with Gasteiger partial charge in [0, 0.05) is 12.3 Å². The van der Waals surface area contributed by atoms with Crippen molar-refractivity contribution >= 4 is 23.2 Å². The Morgan fingerprint density at radius 2 is 1.86 bits per heavy atom. The minimum absolute atomic E-state index is 0.0437. The Hall–Kier alpha value is -1.56. The molecular weight excluding hydrogens is 309 g/mol. The largest absolute Gasteiger partial charge is 0.506 e. The van der Waals surface area contributed by atoms with E-state index in [1.807, 2.05) is 0 Å². The molecule has 0 amide bonds. The van der Waals surface area contributed by atoms with Gasteiger partial charge in [-0.3, -0.25) is 4.79 Å². The van der Waals surface area contributed by atoms with Crippen molar-refractivity contribution in [2.24, 2.45) is 5.92 Å². The number of phenolic OH excluding ortho intramolecular Hbond substituents is 1. The van der Waals surface area contributed by atoms with E-state index in [0.29, 0.717) is 0 Å². The van der Waals surface area contributed by atoms with Crippen molar-refractivity contribution in [1.82, 2.24) is 0 Å². The third-order valence-corrected chi connectivity index (χ3v) is 3.31. The van der Waals surface area contributed by atoms with Crippen LogP contribution >= 0.6 is 11.6 Å². The Morgan fingerprint density at radius 3 is 2.29 bits per heavy atom. The molecule has 0 aliphatic heterocycles. The molecule has 0 aromatic heterocycles. The molecule has 1 N–H and O–H groups in total. The second-order valence-corrected chi connectivity index (χ2v) is 5.30. The Labute approximate surface area is 124 Å². The Morgan fingerprint density at radius 1 is 1.29 bits per heavy atom. The van der Waals surface area contributed by atoms with Gasteiger partial charge < -0.3 is 9.90 Å². The average Bonchev–Trinajstić information content (AvgIpc) is 2.30. The Bertz CT molecular complexity index is 567. The predicted molar refractivity (Wildman–Crippen MR) is 71.3 cm³/mol. The highest BCUT2D eigenvalue weighted by molar-refractivity contribution is 6.32. The molecule has 1 rings (SSSR count). The number of alkyl halides is 3. The average molecular weight is 323 g/mol. The topological polar surface area (TPSA) is 54.4 Å². The molecule has 3 nitrogen and oxygen atoms in total. The van der Waals surface area contributed by atoms with Crippen molar-refractivity contribution in [3.63, 3.8) is 0 Å². The molecule has 0 saturated heterocycles. The van der Waals surface area contributed by atoms with Crippen molar-refractivity contribution in [3.05, 3.63) is 28.3 Å². The monoisotopic (exact) mass is 322 g/mol. The molecular formula is C14H14ClF3O3. The van der Waals surface area contributed by atoms with Crippen molar-refractivity contribution < 1.29 is 27.9 Å². The van der Waals surface area contributed by atoms with E-state index < -0.39 is 28.4 Å². The number of carbonyl (C=O) groups excluding carboxylic acids is 2. The number of ketones is 2. The van der Waals surface area contributed by atoms with E-state index in [1.54, 1.807) is 0 Å². The van der Waals surface area contributed by atoms with Crippen molar-refractivity contribution in [2.45, 2.75) is 32.9 Å². The number of halogens is 4. The van der Waals surface area contributed by atoms with Crippen molar-refractivity contribution in [2.75, 3.05) is 0 Å². The van der Waals surface area contributed by atoms with E-state index in [4.69, 9.17) is 11.6 Å². The summed E-state index contributed by atoms with van der Waals surface area (Å²) in [6.45, 7) is 2.58. The number of rotatable bonds is 5. The highest BCUT2D eigenvalue weighted by Gasteiger charge is 2.35. The first-order valence-electron chi connectivity index (χ1n) is 6.10. The van der Waals surface area contributed by atoms with Gasteiger partial charge in [0.2, 0.25) is 0 Å².